The molecule has 3 aromatic carbocycles. The van der Waals surface area contributed by atoms with Crippen molar-refractivity contribution in [2.24, 2.45) is 5.92 Å². The molecule has 1 unspecified atom stereocenters. The summed E-state index contributed by atoms with van der Waals surface area (Å²) in [7, 11) is -4.06. The number of para-hydroxylation sites is 1. The summed E-state index contributed by atoms with van der Waals surface area (Å²) < 4.78 is 28.6. The van der Waals surface area contributed by atoms with Gasteiger partial charge in [-0.3, -0.25) is 13.9 Å². The molecule has 3 aromatic rings. The second-order valence-corrected chi connectivity index (χ2v) is 11.8. The van der Waals surface area contributed by atoms with Crippen molar-refractivity contribution < 1.29 is 18.0 Å². The summed E-state index contributed by atoms with van der Waals surface area (Å²) in [5.74, 6) is -0.508. The highest BCUT2D eigenvalue weighted by Crippen LogP contribution is 2.24. The van der Waals surface area contributed by atoms with E-state index in [9.17, 15) is 18.0 Å². The minimum Gasteiger partial charge on any atom is -0.354 e. The minimum atomic E-state index is -4.06. The fraction of sp³-hybridized carbons (Fsp3) is 0.333. The number of nitrogens with zero attached hydrogens (tertiary/aromatic N) is 2. The third-order valence-corrected chi connectivity index (χ3v) is 8.01. The summed E-state index contributed by atoms with van der Waals surface area (Å²) in [4.78, 5) is 28.4. The van der Waals surface area contributed by atoms with Crippen molar-refractivity contribution in [2.45, 2.75) is 52.1 Å². The summed E-state index contributed by atoms with van der Waals surface area (Å²) in [6, 6.07) is 22.0. The third kappa shape index (κ3) is 7.44. The van der Waals surface area contributed by atoms with Crippen molar-refractivity contribution in [3.05, 3.63) is 95.6 Å². The highest BCUT2D eigenvalue weighted by Gasteiger charge is 2.32. The van der Waals surface area contributed by atoms with Crippen LogP contribution in [0.4, 0.5) is 5.69 Å². The zero-order valence-electron chi connectivity index (χ0n) is 22.7. The van der Waals surface area contributed by atoms with E-state index in [1.165, 1.54) is 17.0 Å². The van der Waals surface area contributed by atoms with E-state index in [0.29, 0.717) is 12.2 Å². The van der Waals surface area contributed by atoms with Gasteiger partial charge in [0.05, 0.1) is 10.6 Å². The van der Waals surface area contributed by atoms with Crippen LogP contribution in [0.5, 0.6) is 0 Å². The van der Waals surface area contributed by atoms with Crippen molar-refractivity contribution in [1.29, 1.82) is 0 Å². The second kappa shape index (κ2) is 12.7. The number of hydrogen-bond donors (Lipinski definition) is 1. The highest BCUT2D eigenvalue weighted by atomic mass is 32.2. The van der Waals surface area contributed by atoms with Crippen LogP contribution in [-0.4, -0.2) is 44.3 Å². The van der Waals surface area contributed by atoms with Gasteiger partial charge in [-0.1, -0.05) is 79.6 Å². The number of aryl methyl sites for hydroxylation is 2. The Morgan fingerprint density at radius 3 is 2.11 bits per heavy atom. The van der Waals surface area contributed by atoms with Crippen molar-refractivity contribution in [2.75, 3.05) is 17.4 Å². The van der Waals surface area contributed by atoms with Crippen molar-refractivity contribution >= 4 is 27.5 Å². The molecule has 0 fully saturated rings. The first-order valence-electron chi connectivity index (χ1n) is 12.8. The van der Waals surface area contributed by atoms with E-state index in [2.05, 4.69) is 5.32 Å². The number of rotatable bonds is 11. The van der Waals surface area contributed by atoms with Crippen molar-refractivity contribution in [3.63, 3.8) is 0 Å². The molecule has 2 amide bonds. The molecule has 7 nitrogen and oxygen atoms in total. The largest absolute Gasteiger partial charge is 0.354 e. The Balaban J connectivity index is 1.98. The van der Waals surface area contributed by atoms with E-state index >= 15 is 0 Å². The van der Waals surface area contributed by atoms with E-state index in [-0.39, 0.29) is 23.3 Å². The zero-order chi connectivity index (χ0) is 27.9. The molecule has 0 saturated heterocycles. The first kappa shape index (κ1) is 28.9. The molecule has 0 aromatic heterocycles. The lowest BCUT2D eigenvalue weighted by Gasteiger charge is -2.32. The highest BCUT2D eigenvalue weighted by molar-refractivity contribution is 7.92. The quantitative estimate of drug-likeness (QED) is 0.386. The van der Waals surface area contributed by atoms with Gasteiger partial charge in [-0.25, -0.2) is 8.42 Å². The Morgan fingerprint density at radius 1 is 0.842 bits per heavy atom. The molecule has 0 radical (unpaired) electrons. The van der Waals surface area contributed by atoms with E-state index in [4.69, 9.17) is 0 Å². The minimum absolute atomic E-state index is 0.0905. The average Bonchev–Trinajstić information content (AvgIpc) is 2.89. The van der Waals surface area contributed by atoms with Crippen LogP contribution in [0.2, 0.25) is 0 Å². The Hall–Kier alpha value is -3.65. The molecular weight excluding hydrogens is 498 g/mol. The predicted octanol–water partition coefficient (Wildman–Crippen LogP) is 4.69. The molecule has 38 heavy (non-hydrogen) atoms. The third-order valence-electron chi connectivity index (χ3n) is 6.22. The Labute approximate surface area is 226 Å². The SMILES string of the molecule is Cc1ccc(S(=O)(=O)N(CC(=O)N(Cc2cccc(C)c2)C(C)C(=O)NCC(C)C)c2ccccc2)cc1. The van der Waals surface area contributed by atoms with Gasteiger partial charge in [0.15, 0.2) is 0 Å². The normalized spacial score (nSPS) is 12.2. The molecule has 1 N–H and O–H groups in total. The smallest absolute Gasteiger partial charge is 0.264 e. The summed E-state index contributed by atoms with van der Waals surface area (Å²) in [5.41, 5.74) is 3.18. The number of nitrogens with one attached hydrogen (secondary N) is 1. The Morgan fingerprint density at radius 2 is 1.50 bits per heavy atom. The summed E-state index contributed by atoms with van der Waals surface area (Å²) in [6.45, 7) is 9.70. The van der Waals surface area contributed by atoms with Gasteiger partial charge in [0.25, 0.3) is 10.0 Å². The Bertz CT molecular complexity index is 1340. The molecule has 0 spiro atoms. The lowest BCUT2D eigenvalue weighted by Crippen LogP contribution is -2.51. The van der Waals surface area contributed by atoms with Crippen LogP contribution in [0.1, 0.15) is 37.5 Å². The van der Waals surface area contributed by atoms with Gasteiger partial charge in [0.2, 0.25) is 11.8 Å². The van der Waals surface area contributed by atoms with Crippen LogP contribution in [0.3, 0.4) is 0 Å². The number of amides is 2. The first-order valence-corrected chi connectivity index (χ1v) is 14.2. The van der Waals surface area contributed by atoms with Crippen molar-refractivity contribution in [3.8, 4) is 0 Å². The standard InChI is InChI=1S/C30H37N3O4S/c1-22(2)19-31-30(35)25(5)32(20-26-11-9-10-24(4)18-26)29(34)21-33(27-12-7-6-8-13-27)38(36,37)28-16-14-23(3)15-17-28/h6-18,22,25H,19-21H2,1-5H3,(H,31,35). The van der Waals surface area contributed by atoms with Gasteiger partial charge in [0.1, 0.15) is 12.6 Å². The topological polar surface area (TPSA) is 86.8 Å². The van der Waals surface area contributed by atoms with Crippen LogP contribution in [0.25, 0.3) is 0 Å². The first-order chi connectivity index (χ1) is 18.0. The van der Waals surface area contributed by atoms with E-state index < -0.39 is 28.5 Å². The van der Waals surface area contributed by atoms with Crippen LogP contribution in [0.15, 0.2) is 83.8 Å². The van der Waals surface area contributed by atoms with E-state index in [1.54, 1.807) is 49.4 Å². The lowest BCUT2D eigenvalue weighted by atomic mass is 10.1. The van der Waals surface area contributed by atoms with Crippen molar-refractivity contribution in [1.82, 2.24) is 10.2 Å². The lowest BCUT2D eigenvalue weighted by molar-refractivity contribution is -0.139. The number of carbonyl (C=O) groups is 2. The molecule has 0 heterocycles. The maximum atomic E-state index is 13.9. The summed E-state index contributed by atoms with van der Waals surface area (Å²) >= 11 is 0. The second-order valence-electron chi connectivity index (χ2n) is 9.99. The van der Waals surface area contributed by atoms with Gasteiger partial charge in [-0.2, -0.15) is 0 Å². The summed E-state index contributed by atoms with van der Waals surface area (Å²) in [6.07, 6.45) is 0. The average molecular weight is 536 g/mol. The number of anilines is 1. The molecular formula is C30H37N3O4S. The Kier molecular flexibility index (Phi) is 9.69. The van der Waals surface area contributed by atoms with Gasteiger partial charge >= 0.3 is 0 Å². The van der Waals surface area contributed by atoms with E-state index in [1.807, 2.05) is 52.0 Å². The summed E-state index contributed by atoms with van der Waals surface area (Å²) in [5, 5.41) is 2.90. The van der Waals surface area contributed by atoms with E-state index in [0.717, 1.165) is 21.0 Å². The molecule has 0 aliphatic heterocycles. The predicted molar refractivity (Wildman–Crippen MR) is 151 cm³/mol. The van der Waals surface area contributed by atoms with Crippen LogP contribution in [0, 0.1) is 19.8 Å². The molecule has 0 aliphatic carbocycles. The molecule has 1 atom stereocenters. The van der Waals surface area contributed by atoms with Crippen LogP contribution < -0.4 is 9.62 Å². The monoisotopic (exact) mass is 535 g/mol. The molecule has 0 saturated carbocycles. The molecule has 0 bridgehead atoms. The maximum absolute atomic E-state index is 13.9. The van der Waals surface area contributed by atoms with Gasteiger partial charge < -0.3 is 10.2 Å². The number of carbonyl (C=O) groups excluding carboxylic acids is 2. The fourth-order valence-corrected chi connectivity index (χ4v) is 5.42. The number of benzene rings is 3. The van der Waals surface area contributed by atoms with Gasteiger partial charge in [-0.05, 0) is 56.5 Å². The molecule has 0 aliphatic rings. The number of hydrogen-bond acceptors (Lipinski definition) is 4. The van der Waals surface area contributed by atoms with Gasteiger partial charge in [-0.15, -0.1) is 0 Å². The van der Waals surface area contributed by atoms with Gasteiger partial charge in [0, 0.05) is 13.1 Å². The van der Waals surface area contributed by atoms with Crippen LogP contribution >= 0.6 is 0 Å². The zero-order valence-corrected chi connectivity index (χ0v) is 23.5. The number of sulfonamides is 1. The fourth-order valence-electron chi connectivity index (χ4n) is 4.00. The molecule has 3 rings (SSSR count). The molecule has 8 heteroatoms. The maximum Gasteiger partial charge on any atom is 0.264 e. The van der Waals surface area contributed by atoms with Crippen LogP contribution in [-0.2, 0) is 26.2 Å². The molecule has 202 valence electrons.